The molecule has 8 nitrogen and oxygen atoms in total. The zero-order valence-corrected chi connectivity index (χ0v) is 15.4. The third kappa shape index (κ3) is 3.03. The molecule has 0 aromatic carbocycles. The lowest BCUT2D eigenvalue weighted by molar-refractivity contribution is -0.170. The van der Waals surface area contributed by atoms with Crippen molar-refractivity contribution in [3.05, 3.63) is 28.2 Å². The van der Waals surface area contributed by atoms with Gasteiger partial charge in [0.1, 0.15) is 18.1 Å². The number of rotatable bonds is 2. The number of alkyl halides is 3. The predicted molar refractivity (Wildman–Crippen MR) is 94.1 cm³/mol. The van der Waals surface area contributed by atoms with Crippen molar-refractivity contribution < 1.29 is 22.4 Å². The molecule has 1 fully saturated rings. The molecule has 11 heteroatoms. The molecule has 4 heterocycles. The Bertz CT molecular complexity index is 912. The maximum absolute atomic E-state index is 13.7. The molecule has 1 saturated heterocycles. The van der Waals surface area contributed by atoms with Crippen LogP contribution in [0.3, 0.4) is 0 Å². The third-order valence-electron chi connectivity index (χ3n) is 5.19. The van der Waals surface area contributed by atoms with Gasteiger partial charge >= 0.3 is 6.18 Å². The summed E-state index contributed by atoms with van der Waals surface area (Å²) in [5.41, 5.74) is -0.511. The van der Waals surface area contributed by atoms with Crippen LogP contribution in [-0.2, 0) is 4.74 Å². The van der Waals surface area contributed by atoms with Crippen LogP contribution in [0.2, 0.25) is 0 Å². The maximum atomic E-state index is 13.7. The molecular weight excluding hydrogens is 379 g/mol. The Labute approximate surface area is 158 Å². The van der Waals surface area contributed by atoms with Crippen LogP contribution < -0.4 is 15.4 Å². The normalized spacial score (nSPS) is 23.0. The van der Waals surface area contributed by atoms with Crippen LogP contribution in [0.4, 0.5) is 30.8 Å². The van der Waals surface area contributed by atoms with Crippen LogP contribution >= 0.6 is 0 Å². The first-order chi connectivity index (χ1) is 13.3. The molecule has 152 valence electrons. The molecule has 2 atom stereocenters. The van der Waals surface area contributed by atoms with E-state index in [2.05, 4.69) is 10.1 Å². The zero-order chi connectivity index (χ0) is 20.1. The number of hydrogen-bond donors (Lipinski definition) is 0. The van der Waals surface area contributed by atoms with Gasteiger partial charge in [-0.05, 0) is 20.3 Å². The Balaban J connectivity index is 1.91. The van der Waals surface area contributed by atoms with Crippen molar-refractivity contribution in [2.45, 2.75) is 38.5 Å². The Morgan fingerprint density at radius 1 is 1.29 bits per heavy atom. The summed E-state index contributed by atoms with van der Waals surface area (Å²) in [4.78, 5) is 21.0. The smallest absolute Gasteiger partial charge is 0.377 e. The lowest BCUT2D eigenvalue weighted by Gasteiger charge is -2.39. The van der Waals surface area contributed by atoms with Crippen molar-refractivity contribution in [3.8, 4) is 0 Å². The topological polar surface area (TPSA) is 76.6 Å². The summed E-state index contributed by atoms with van der Waals surface area (Å²) < 4.78 is 52.0. The highest BCUT2D eigenvalue weighted by Gasteiger charge is 2.46. The number of fused-ring (bicyclic) bond motifs is 1. The highest BCUT2D eigenvalue weighted by atomic mass is 19.4. The van der Waals surface area contributed by atoms with Crippen LogP contribution in [0.5, 0.6) is 0 Å². The molecule has 2 aliphatic rings. The minimum atomic E-state index is -4.56. The summed E-state index contributed by atoms with van der Waals surface area (Å²) in [7, 11) is 0. The Kier molecular flexibility index (Phi) is 4.56. The molecule has 0 aliphatic carbocycles. The van der Waals surface area contributed by atoms with E-state index >= 15 is 0 Å². The number of morpholine rings is 1. The van der Waals surface area contributed by atoms with Gasteiger partial charge in [-0.25, -0.2) is 0 Å². The molecule has 0 spiro atoms. The third-order valence-corrected chi connectivity index (χ3v) is 5.19. The fourth-order valence-electron chi connectivity index (χ4n) is 3.75. The van der Waals surface area contributed by atoms with Crippen molar-refractivity contribution >= 4 is 17.6 Å². The molecule has 2 aliphatic heterocycles. The van der Waals surface area contributed by atoms with Gasteiger partial charge in [-0.3, -0.25) is 14.3 Å². The van der Waals surface area contributed by atoms with Gasteiger partial charge < -0.3 is 14.2 Å². The van der Waals surface area contributed by atoms with Gasteiger partial charge in [-0.1, -0.05) is 5.16 Å². The van der Waals surface area contributed by atoms with E-state index in [9.17, 15) is 18.0 Å². The molecule has 4 rings (SSSR count). The standard InChI is InChI=1S/C17H20F3N5O3/c1-10-9-27-8-6-23(10)14-11(2)15(26)25-12(17(18,19)20)3-5-24(16(25)21-14)13-4-7-28-22-13/h4,7,10,12H,3,5-6,8-9H2,1-2H3/t10-,12-/m1/s1. The Morgan fingerprint density at radius 2 is 2.07 bits per heavy atom. The van der Waals surface area contributed by atoms with Crippen molar-refractivity contribution in [1.82, 2.24) is 14.7 Å². The van der Waals surface area contributed by atoms with E-state index in [0.29, 0.717) is 31.4 Å². The van der Waals surface area contributed by atoms with Gasteiger partial charge in [0, 0.05) is 19.2 Å². The Hall–Kier alpha value is -2.56. The van der Waals surface area contributed by atoms with Crippen LogP contribution in [-0.4, -0.2) is 53.2 Å². The first kappa shape index (κ1) is 18.8. The summed E-state index contributed by atoms with van der Waals surface area (Å²) >= 11 is 0. The van der Waals surface area contributed by atoms with Crippen molar-refractivity contribution in [1.29, 1.82) is 0 Å². The quantitative estimate of drug-likeness (QED) is 0.768. The second-order valence-electron chi connectivity index (χ2n) is 7.01. The second-order valence-corrected chi connectivity index (χ2v) is 7.01. The summed E-state index contributed by atoms with van der Waals surface area (Å²) in [6, 6.07) is -0.452. The monoisotopic (exact) mass is 399 g/mol. The van der Waals surface area contributed by atoms with Gasteiger partial charge in [0.05, 0.1) is 24.8 Å². The molecule has 0 unspecified atom stereocenters. The van der Waals surface area contributed by atoms with E-state index in [-0.39, 0.29) is 30.5 Å². The molecule has 2 aromatic heterocycles. The summed E-state index contributed by atoms with van der Waals surface area (Å²) in [6.07, 6.45) is -3.51. The van der Waals surface area contributed by atoms with E-state index in [1.54, 1.807) is 0 Å². The fourth-order valence-corrected chi connectivity index (χ4v) is 3.75. The van der Waals surface area contributed by atoms with E-state index in [4.69, 9.17) is 9.26 Å². The molecular formula is C17H20F3N5O3. The van der Waals surface area contributed by atoms with E-state index in [1.807, 2.05) is 11.8 Å². The Morgan fingerprint density at radius 3 is 2.71 bits per heavy atom. The van der Waals surface area contributed by atoms with Crippen LogP contribution in [0, 0.1) is 6.92 Å². The minimum Gasteiger partial charge on any atom is -0.377 e. The summed E-state index contributed by atoms with van der Waals surface area (Å²) in [6.45, 7) is 4.88. The molecule has 0 saturated carbocycles. The van der Waals surface area contributed by atoms with Crippen molar-refractivity contribution in [2.75, 3.05) is 36.1 Å². The van der Waals surface area contributed by atoms with Crippen LogP contribution in [0.15, 0.2) is 21.6 Å². The number of hydrogen-bond acceptors (Lipinski definition) is 7. The molecule has 28 heavy (non-hydrogen) atoms. The number of aromatic nitrogens is 3. The average Bonchev–Trinajstić information content (AvgIpc) is 3.18. The fraction of sp³-hybridized carbons (Fsp3) is 0.588. The van der Waals surface area contributed by atoms with Gasteiger partial charge in [-0.15, -0.1) is 0 Å². The first-order valence-electron chi connectivity index (χ1n) is 9.01. The van der Waals surface area contributed by atoms with Gasteiger partial charge in [-0.2, -0.15) is 18.2 Å². The van der Waals surface area contributed by atoms with E-state index in [1.165, 1.54) is 24.2 Å². The van der Waals surface area contributed by atoms with Gasteiger partial charge in [0.15, 0.2) is 5.82 Å². The molecule has 0 bridgehead atoms. The highest BCUT2D eigenvalue weighted by molar-refractivity contribution is 5.58. The number of halogens is 3. The minimum absolute atomic E-state index is 0.0182. The molecule has 0 N–H and O–H groups in total. The first-order valence-corrected chi connectivity index (χ1v) is 9.01. The van der Waals surface area contributed by atoms with Gasteiger partial charge in [0.2, 0.25) is 5.95 Å². The highest BCUT2D eigenvalue weighted by Crippen LogP contribution is 2.40. The summed E-state index contributed by atoms with van der Waals surface area (Å²) in [5, 5.41) is 3.82. The van der Waals surface area contributed by atoms with Crippen LogP contribution in [0.25, 0.3) is 0 Å². The lowest BCUT2D eigenvalue weighted by Crippen LogP contribution is -2.48. The lowest BCUT2D eigenvalue weighted by atomic mass is 10.1. The SMILES string of the molecule is Cc1c(N2CCOC[C@H]2C)nc2n(c1=O)[C@@H](C(F)(F)F)CCN2c1ccon1. The van der Waals surface area contributed by atoms with Gasteiger partial charge in [0.25, 0.3) is 5.56 Å². The average molecular weight is 399 g/mol. The predicted octanol–water partition coefficient (Wildman–Crippen LogP) is 2.41. The van der Waals surface area contributed by atoms with Crippen molar-refractivity contribution in [2.24, 2.45) is 0 Å². The van der Waals surface area contributed by atoms with Crippen LogP contribution in [0.1, 0.15) is 24.9 Å². The van der Waals surface area contributed by atoms with E-state index < -0.39 is 17.8 Å². The second kappa shape index (κ2) is 6.80. The largest absolute Gasteiger partial charge is 0.409 e. The maximum Gasteiger partial charge on any atom is 0.409 e. The zero-order valence-electron chi connectivity index (χ0n) is 15.4. The molecule has 2 aromatic rings. The molecule has 0 amide bonds. The number of ether oxygens (including phenoxy) is 1. The number of anilines is 3. The number of nitrogens with zero attached hydrogens (tertiary/aromatic N) is 5. The van der Waals surface area contributed by atoms with Crippen molar-refractivity contribution in [3.63, 3.8) is 0 Å². The molecule has 0 radical (unpaired) electrons. The summed E-state index contributed by atoms with van der Waals surface area (Å²) in [5.74, 6) is 0.612. The van der Waals surface area contributed by atoms with E-state index in [0.717, 1.165) is 4.57 Å².